The molecule has 0 bridgehead atoms. The molecule has 8 heteroatoms. The Morgan fingerprint density at radius 1 is 1.10 bits per heavy atom. The Labute approximate surface area is 193 Å². The van der Waals surface area contributed by atoms with Crippen molar-refractivity contribution in [1.82, 2.24) is 4.98 Å². The van der Waals surface area contributed by atoms with Crippen molar-refractivity contribution in [3.63, 3.8) is 0 Å². The second kappa shape index (κ2) is 9.56. The van der Waals surface area contributed by atoms with Crippen molar-refractivity contribution >= 4 is 45.6 Å². The van der Waals surface area contributed by atoms with E-state index in [0.717, 1.165) is 21.8 Å². The van der Waals surface area contributed by atoms with E-state index in [2.05, 4.69) is 10.3 Å². The Bertz CT molecular complexity index is 1200. The topological polar surface area (TPSA) is 64.4 Å². The summed E-state index contributed by atoms with van der Waals surface area (Å²) in [6, 6.07) is 16.6. The monoisotopic (exact) mass is 472 g/mol. The molecule has 158 valence electrons. The molecule has 2 aromatic heterocycles. The van der Waals surface area contributed by atoms with Crippen LogP contribution in [-0.4, -0.2) is 10.9 Å². The SMILES string of the molecule is Cc1ccc(OCc2ccc(C(=O)Nc3ncc(Cc4ccc(Cl)c(Cl)c4)s3)o2)cc1. The van der Waals surface area contributed by atoms with Gasteiger partial charge in [-0.2, -0.15) is 0 Å². The first-order valence-corrected chi connectivity index (χ1v) is 11.0. The van der Waals surface area contributed by atoms with Crippen molar-refractivity contribution in [3.8, 4) is 5.75 Å². The van der Waals surface area contributed by atoms with Gasteiger partial charge in [0.1, 0.15) is 18.1 Å². The Kier molecular flexibility index (Phi) is 6.61. The molecule has 4 rings (SSSR count). The van der Waals surface area contributed by atoms with E-state index in [4.69, 9.17) is 32.4 Å². The zero-order valence-corrected chi connectivity index (χ0v) is 18.9. The predicted octanol–water partition coefficient (Wildman–Crippen LogP) is 6.77. The summed E-state index contributed by atoms with van der Waals surface area (Å²) in [6.45, 7) is 2.25. The van der Waals surface area contributed by atoms with Crippen LogP contribution < -0.4 is 10.1 Å². The highest BCUT2D eigenvalue weighted by atomic mass is 35.5. The van der Waals surface area contributed by atoms with Gasteiger partial charge >= 0.3 is 0 Å². The summed E-state index contributed by atoms with van der Waals surface area (Å²) in [5, 5.41) is 4.29. The van der Waals surface area contributed by atoms with Gasteiger partial charge < -0.3 is 9.15 Å². The molecule has 1 N–H and O–H groups in total. The Balaban J connectivity index is 1.33. The number of nitrogens with zero attached hydrogens (tertiary/aromatic N) is 1. The standard InChI is InChI=1S/C23H18Cl2N2O3S/c1-14-2-5-16(6-3-14)29-13-17-7-9-21(30-17)22(28)27-23-26-12-18(31-23)10-15-4-8-19(24)20(25)11-15/h2-9,11-12H,10,13H2,1H3,(H,26,27,28). The number of rotatable bonds is 7. The van der Waals surface area contributed by atoms with Gasteiger partial charge in [-0.15, -0.1) is 11.3 Å². The summed E-state index contributed by atoms with van der Waals surface area (Å²) in [5.74, 6) is 1.14. The fraction of sp³-hybridized carbons (Fsp3) is 0.130. The fourth-order valence-electron chi connectivity index (χ4n) is 2.82. The number of benzene rings is 2. The molecule has 0 spiro atoms. The fourth-order valence-corrected chi connectivity index (χ4v) is 3.99. The summed E-state index contributed by atoms with van der Waals surface area (Å²) < 4.78 is 11.3. The van der Waals surface area contributed by atoms with Crippen LogP contribution in [0.1, 0.15) is 32.3 Å². The predicted molar refractivity (Wildman–Crippen MR) is 124 cm³/mol. The summed E-state index contributed by atoms with van der Waals surface area (Å²) >= 11 is 13.4. The van der Waals surface area contributed by atoms with E-state index in [1.54, 1.807) is 24.4 Å². The lowest BCUT2D eigenvalue weighted by Gasteiger charge is -2.04. The number of furan rings is 1. The number of hydrogen-bond donors (Lipinski definition) is 1. The third kappa shape index (κ3) is 5.67. The van der Waals surface area contributed by atoms with E-state index < -0.39 is 0 Å². The first-order chi connectivity index (χ1) is 15.0. The highest BCUT2D eigenvalue weighted by molar-refractivity contribution is 7.15. The average molecular weight is 473 g/mol. The molecule has 2 heterocycles. The molecule has 31 heavy (non-hydrogen) atoms. The number of hydrogen-bond acceptors (Lipinski definition) is 5. The van der Waals surface area contributed by atoms with Gasteiger partial charge in [-0.05, 0) is 48.9 Å². The lowest BCUT2D eigenvalue weighted by Crippen LogP contribution is -2.10. The molecule has 4 aromatic rings. The van der Waals surface area contributed by atoms with Gasteiger partial charge in [0.25, 0.3) is 5.91 Å². The van der Waals surface area contributed by atoms with E-state index in [-0.39, 0.29) is 18.3 Å². The van der Waals surface area contributed by atoms with E-state index in [0.29, 0.717) is 27.4 Å². The van der Waals surface area contributed by atoms with Crippen molar-refractivity contribution in [1.29, 1.82) is 0 Å². The minimum atomic E-state index is -0.364. The maximum Gasteiger partial charge on any atom is 0.293 e. The molecule has 0 aliphatic rings. The first kappa shape index (κ1) is 21.4. The van der Waals surface area contributed by atoms with Crippen LogP contribution in [0.3, 0.4) is 0 Å². The van der Waals surface area contributed by atoms with Gasteiger partial charge in [-0.3, -0.25) is 10.1 Å². The third-order valence-electron chi connectivity index (χ3n) is 4.42. The van der Waals surface area contributed by atoms with Crippen molar-refractivity contribution in [2.75, 3.05) is 5.32 Å². The van der Waals surface area contributed by atoms with Gasteiger partial charge in [0, 0.05) is 17.5 Å². The maximum absolute atomic E-state index is 12.5. The largest absolute Gasteiger partial charge is 0.486 e. The highest BCUT2D eigenvalue weighted by Crippen LogP contribution is 2.26. The van der Waals surface area contributed by atoms with Gasteiger partial charge in [-0.1, -0.05) is 47.0 Å². The molecule has 0 aliphatic carbocycles. The molecule has 0 aliphatic heterocycles. The van der Waals surface area contributed by atoms with Crippen LogP contribution in [-0.2, 0) is 13.0 Å². The molecule has 0 unspecified atom stereocenters. The first-order valence-electron chi connectivity index (χ1n) is 9.44. The van der Waals surface area contributed by atoms with Crippen LogP contribution >= 0.6 is 34.5 Å². The minimum Gasteiger partial charge on any atom is -0.486 e. The number of aryl methyl sites for hydroxylation is 1. The normalized spacial score (nSPS) is 10.8. The smallest absolute Gasteiger partial charge is 0.293 e. The molecule has 0 saturated carbocycles. The Hall–Kier alpha value is -2.80. The van der Waals surface area contributed by atoms with Gasteiger partial charge in [0.15, 0.2) is 10.9 Å². The molecule has 0 atom stereocenters. The van der Waals surface area contributed by atoms with Gasteiger partial charge in [0.05, 0.1) is 10.0 Å². The third-order valence-corrected chi connectivity index (χ3v) is 6.08. The number of amides is 1. The Morgan fingerprint density at radius 3 is 2.68 bits per heavy atom. The molecule has 1 amide bonds. The van der Waals surface area contributed by atoms with E-state index in [9.17, 15) is 4.79 Å². The molecule has 0 saturated heterocycles. The van der Waals surface area contributed by atoms with Crippen LogP contribution in [0.4, 0.5) is 5.13 Å². The van der Waals surface area contributed by atoms with Crippen molar-refractivity contribution in [2.24, 2.45) is 0 Å². The summed E-state index contributed by atoms with van der Waals surface area (Å²) in [7, 11) is 0. The quantitative estimate of drug-likeness (QED) is 0.322. The molecular formula is C23H18Cl2N2O3S. The summed E-state index contributed by atoms with van der Waals surface area (Å²) in [6.07, 6.45) is 2.37. The number of aromatic nitrogens is 1. The van der Waals surface area contributed by atoms with Crippen LogP contribution in [0, 0.1) is 6.92 Å². The maximum atomic E-state index is 12.5. The molecule has 5 nitrogen and oxygen atoms in total. The summed E-state index contributed by atoms with van der Waals surface area (Å²) in [5.41, 5.74) is 2.17. The zero-order valence-electron chi connectivity index (χ0n) is 16.5. The van der Waals surface area contributed by atoms with Gasteiger partial charge in [-0.25, -0.2) is 4.98 Å². The van der Waals surface area contributed by atoms with Crippen molar-refractivity contribution in [2.45, 2.75) is 20.0 Å². The van der Waals surface area contributed by atoms with Crippen molar-refractivity contribution in [3.05, 3.63) is 98.4 Å². The lowest BCUT2D eigenvalue weighted by atomic mass is 10.1. The van der Waals surface area contributed by atoms with Gasteiger partial charge in [0.2, 0.25) is 0 Å². The molecule has 0 radical (unpaired) electrons. The minimum absolute atomic E-state index is 0.198. The second-order valence-corrected chi connectivity index (χ2v) is 8.81. The molecule has 2 aromatic carbocycles. The highest BCUT2D eigenvalue weighted by Gasteiger charge is 2.14. The second-order valence-electron chi connectivity index (χ2n) is 6.88. The molecular weight excluding hydrogens is 455 g/mol. The van der Waals surface area contributed by atoms with Crippen LogP contribution in [0.5, 0.6) is 5.75 Å². The Morgan fingerprint density at radius 2 is 1.90 bits per heavy atom. The number of anilines is 1. The number of carbonyl (C=O) groups is 1. The van der Waals surface area contributed by atoms with Crippen LogP contribution in [0.2, 0.25) is 10.0 Å². The van der Waals surface area contributed by atoms with Crippen molar-refractivity contribution < 1.29 is 13.9 Å². The lowest BCUT2D eigenvalue weighted by molar-refractivity contribution is 0.0992. The van der Waals surface area contributed by atoms with Crippen LogP contribution in [0.25, 0.3) is 0 Å². The number of carbonyl (C=O) groups excluding carboxylic acids is 1. The van der Waals surface area contributed by atoms with E-state index >= 15 is 0 Å². The number of halogens is 2. The van der Waals surface area contributed by atoms with E-state index in [1.807, 2.05) is 43.3 Å². The summed E-state index contributed by atoms with van der Waals surface area (Å²) in [4.78, 5) is 17.7. The zero-order chi connectivity index (χ0) is 21.8. The average Bonchev–Trinajstić information content (AvgIpc) is 3.40. The van der Waals surface area contributed by atoms with Crippen LogP contribution in [0.15, 0.2) is 65.2 Å². The molecule has 0 fully saturated rings. The number of thiazole rings is 1. The number of nitrogens with one attached hydrogen (secondary N) is 1. The number of ether oxygens (including phenoxy) is 1. The van der Waals surface area contributed by atoms with E-state index in [1.165, 1.54) is 11.3 Å².